The summed E-state index contributed by atoms with van der Waals surface area (Å²) in [6.45, 7) is 5.17. The third kappa shape index (κ3) is 5.71. The van der Waals surface area contributed by atoms with Crippen molar-refractivity contribution in [2.75, 3.05) is 0 Å². The highest BCUT2D eigenvalue weighted by molar-refractivity contribution is 7.12. The van der Waals surface area contributed by atoms with Crippen LogP contribution in [0.5, 0.6) is 0 Å². The second kappa shape index (κ2) is 9.94. The smallest absolute Gasteiger partial charge is 0.0335 e. The van der Waals surface area contributed by atoms with Crippen molar-refractivity contribution in [3.05, 3.63) is 74.4 Å². The number of aromatic nitrogens is 1. The first-order valence-corrected chi connectivity index (χ1v) is 9.74. The molecular weight excluding hydrogens is 356 g/mol. The van der Waals surface area contributed by atoms with E-state index in [2.05, 4.69) is 52.5 Å². The van der Waals surface area contributed by atoms with E-state index in [0.717, 1.165) is 19.6 Å². The molecule has 0 atom stereocenters. The van der Waals surface area contributed by atoms with Crippen LogP contribution in [0.25, 0.3) is 0 Å². The summed E-state index contributed by atoms with van der Waals surface area (Å²) in [5.41, 5.74) is 1.27. The van der Waals surface area contributed by atoms with Gasteiger partial charge >= 0.3 is 0 Å². The normalized spacial score (nSPS) is 10.8. The maximum atomic E-state index is 4.25. The molecule has 3 heterocycles. The van der Waals surface area contributed by atoms with Crippen LogP contribution in [-0.2, 0) is 26.1 Å². The Labute approximate surface area is 158 Å². The predicted molar refractivity (Wildman–Crippen MR) is 107 cm³/mol. The van der Waals surface area contributed by atoms with E-state index in [1.807, 2.05) is 41.1 Å². The average molecular weight is 379 g/mol. The van der Waals surface area contributed by atoms with Gasteiger partial charge in [-0.2, -0.15) is 0 Å². The lowest BCUT2D eigenvalue weighted by Gasteiger charge is -2.21. The topological polar surface area (TPSA) is 16.1 Å². The molecule has 0 amide bonds. The third-order valence-electron chi connectivity index (χ3n) is 3.68. The molecule has 0 aromatic carbocycles. The highest BCUT2D eigenvalue weighted by Crippen LogP contribution is 2.22. The molecule has 0 saturated carbocycles. The zero-order valence-electron chi connectivity index (χ0n) is 13.9. The molecule has 0 N–H and O–H groups in total. The van der Waals surface area contributed by atoms with Crippen molar-refractivity contribution in [1.82, 2.24) is 9.88 Å². The van der Waals surface area contributed by atoms with E-state index in [1.54, 1.807) is 0 Å². The highest BCUT2D eigenvalue weighted by atomic mass is 35.5. The molecule has 5 heteroatoms. The van der Waals surface area contributed by atoms with E-state index in [4.69, 9.17) is 0 Å². The average Bonchev–Trinajstić information content (AvgIpc) is 3.21. The van der Waals surface area contributed by atoms with Crippen LogP contribution in [0.4, 0.5) is 0 Å². The van der Waals surface area contributed by atoms with Crippen LogP contribution in [0.1, 0.15) is 33.5 Å². The SMILES string of the molecule is CCCc1ccc(CN(Cc2cccnc2)Cc2cccs2)s1.Cl. The second-order valence-electron chi connectivity index (χ2n) is 5.70. The predicted octanol–water partition coefficient (Wildman–Crippen LogP) is 5.78. The molecule has 0 aliphatic carbocycles. The number of thiophene rings is 2. The zero-order valence-corrected chi connectivity index (χ0v) is 16.3. The van der Waals surface area contributed by atoms with Gasteiger partial charge in [0.1, 0.15) is 0 Å². The summed E-state index contributed by atoms with van der Waals surface area (Å²) in [4.78, 5) is 11.1. The Morgan fingerprint density at radius 3 is 2.50 bits per heavy atom. The Morgan fingerprint density at radius 1 is 0.958 bits per heavy atom. The molecule has 0 fully saturated rings. The van der Waals surface area contributed by atoms with Gasteiger partial charge in [0.15, 0.2) is 0 Å². The Hall–Kier alpha value is -1.20. The summed E-state index contributed by atoms with van der Waals surface area (Å²) in [6.07, 6.45) is 6.22. The number of aryl methyl sites for hydroxylation is 1. The van der Waals surface area contributed by atoms with Gasteiger partial charge in [-0.05, 0) is 41.6 Å². The van der Waals surface area contributed by atoms with E-state index in [-0.39, 0.29) is 12.4 Å². The van der Waals surface area contributed by atoms with Crippen molar-refractivity contribution < 1.29 is 0 Å². The molecule has 0 aliphatic rings. The van der Waals surface area contributed by atoms with Crippen LogP contribution in [0.3, 0.4) is 0 Å². The Balaban J connectivity index is 0.00000208. The number of hydrogen-bond acceptors (Lipinski definition) is 4. The largest absolute Gasteiger partial charge is 0.289 e. The Bertz CT molecular complexity index is 695. The Kier molecular flexibility index (Phi) is 7.92. The van der Waals surface area contributed by atoms with Gasteiger partial charge < -0.3 is 0 Å². The van der Waals surface area contributed by atoms with Crippen LogP contribution in [-0.4, -0.2) is 9.88 Å². The maximum Gasteiger partial charge on any atom is 0.0335 e. The minimum absolute atomic E-state index is 0. The highest BCUT2D eigenvalue weighted by Gasteiger charge is 2.11. The van der Waals surface area contributed by atoms with Crippen molar-refractivity contribution in [2.24, 2.45) is 0 Å². The summed E-state index contributed by atoms with van der Waals surface area (Å²) in [6, 6.07) is 13.1. The molecule has 0 radical (unpaired) electrons. The lowest BCUT2D eigenvalue weighted by Crippen LogP contribution is -2.21. The number of rotatable bonds is 8. The minimum Gasteiger partial charge on any atom is -0.289 e. The fourth-order valence-electron chi connectivity index (χ4n) is 2.65. The number of nitrogens with zero attached hydrogens (tertiary/aromatic N) is 2. The van der Waals surface area contributed by atoms with Gasteiger partial charge in [0.2, 0.25) is 0 Å². The van der Waals surface area contributed by atoms with Crippen molar-refractivity contribution in [3.8, 4) is 0 Å². The molecular formula is C19H23ClN2S2. The van der Waals surface area contributed by atoms with E-state index in [0.29, 0.717) is 0 Å². The fraction of sp³-hybridized carbons (Fsp3) is 0.316. The molecule has 0 spiro atoms. The van der Waals surface area contributed by atoms with Crippen molar-refractivity contribution in [1.29, 1.82) is 0 Å². The lowest BCUT2D eigenvalue weighted by atomic mass is 10.2. The standard InChI is InChI=1S/C19H22N2S2.ClH/c1-2-5-17-8-9-19(23-17)15-21(14-18-7-4-11-22-18)13-16-6-3-10-20-12-16;/h3-4,6-12H,2,5,13-15H2,1H3;1H. The van der Waals surface area contributed by atoms with Crippen molar-refractivity contribution in [2.45, 2.75) is 39.4 Å². The van der Waals surface area contributed by atoms with Crippen LogP contribution in [0.2, 0.25) is 0 Å². The fourth-order valence-corrected chi connectivity index (χ4v) is 4.56. The van der Waals surface area contributed by atoms with E-state index in [1.165, 1.54) is 33.0 Å². The summed E-state index contributed by atoms with van der Waals surface area (Å²) < 4.78 is 0. The van der Waals surface area contributed by atoms with Gasteiger partial charge in [0.05, 0.1) is 0 Å². The first-order valence-electron chi connectivity index (χ1n) is 8.04. The molecule has 24 heavy (non-hydrogen) atoms. The van der Waals surface area contributed by atoms with Gasteiger partial charge in [0.25, 0.3) is 0 Å². The van der Waals surface area contributed by atoms with Gasteiger partial charge in [-0.1, -0.05) is 25.5 Å². The lowest BCUT2D eigenvalue weighted by molar-refractivity contribution is 0.252. The molecule has 0 saturated heterocycles. The van der Waals surface area contributed by atoms with Crippen molar-refractivity contribution in [3.63, 3.8) is 0 Å². The second-order valence-corrected chi connectivity index (χ2v) is 7.99. The molecule has 3 rings (SSSR count). The zero-order chi connectivity index (χ0) is 15.9. The molecule has 2 nitrogen and oxygen atoms in total. The quantitative estimate of drug-likeness (QED) is 0.493. The molecule has 0 unspecified atom stereocenters. The summed E-state index contributed by atoms with van der Waals surface area (Å²) >= 11 is 3.79. The van der Waals surface area contributed by atoms with Gasteiger partial charge in [-0.15, -0.1) is 35.1 Å². The van der Waals surface area contributed by atoms with Crippen molar-refractivity contribution >= 4 is 35.1 Å². The van der Waals surface area contributed by atoms with E-state index >= 15 is 0 Å². The molecule has 3 aromatic heterocycles. The van der Waals surface area contributed by atoms with Gasteiger partial charge in [0, 0.05) is 46.7 Å². The molecule has 0 bridgehead atoms. The molecule has 128 valence electrons. The summed E-state index contributed by atoms with van der Waals surface area (Å²) in [7, 11) is 0. The number of hydrogen-bond donors (Lipinski definition) is 0. The summed E-state index contributed by atoms with van der Waals surface area (Å²) in [5.74, 6) is 0. The number of pyridine rings is 1. The van der Waals surface area contributed by atoms with E-state index < -0.39 is 0 Å². The summed E-state index contributed by atoms with van der Waals surface area (Å²) in [5, 5.41) is 2.15. The first kappa shape index (κ1) is 19.1. The van der Waals surface area contributed by atoms with Crippen LogP contribution >= 0.6 is 35.1 Å². The van der Waals surface area contributed by atoms with Crippen LogP contribution in [0, 0.1) is 0 Å². The van der Waals surface area contributed by atoms with Gasteiger partial charge in [-0.25, -0.2) is 0 Å². The molecule has 3 aromatic rings. The number of halogens is 1. The van der Waals surface area contributed by atoms with E-state index in [9.17, 15) is 0 Å². The monoisotopic (exact) mass is 378 g/mol. The maximum absolute atomic E-state index is 4.25. The van der Waals surface area contributed by atoms with Crippen LogP contribution in [0.15, 0.2) is 54.2 Å². The first-order chi connectivity index (χ1) is 11.3. The van der Waals surface area contributed by atoms with Crippen LogP contribution < -0.4 is 0 Å². The Morgan fingerprint density at radius 2 is 1.79 bits per heavy atom. The molecule has 0 aliphatic heterocycles. The minimum atomic E-state index is 0. The van der Waals surface area contributed by atoms with Gasteiger partial charge in [-0.3, -0.25) is 9.88 Å². The third-order valence-corrected chi connectivity index (χ3v) is 5.67.